The third-order valence-corrected chi connectivity index (χ3v) is 5.79. The second kappa shape index (κ2) is 7.81. The zero-order valence-corrected chi connectivity index (χ0v) is 16.9. The van der Waals surface area contributed by atoms with E-state index in [4.69, 9.17) is 14.7 Å². The van der Waals surface area contributed by atoms with E-state index in [0.717, 1.165) is 59.3 Å². The van der Waals surface area contributed by atoms with Crippen LogP contribution >= 0.6 is 11.5 Å². The van der Waals surface area contributed by atoms with Crippen molar-refractivity contribution in [2.24, 2.45) is 0 Å². The molecule has 0 aliphatic carbocycles. The Kier molecular flexibility index (Phi) is 4.87. The first-order valence-electron chi connectivity index (χ1n) is 9.75. The highest BCUT2D eigenvalue weighted by atomic mass is 32.1. The minimum Gasteiger partial charge on any atom is -0.381 e. The van der Waals surface area contributed by atoms with Crippen molar-refractivity contribution in [2.75, 3.05) is 23.8 Å². The number of aryl methyl sites for hydroxylation is 1. The lowest BCUT2D eigenvalue weighted by Crippen LogP contribution is -2.28. The molecule has 1 saturated heterocycles. The van der Waals surface area contributed by atoms with Crippen LogP contribution in [0.2, 0.25) is 0 Å². The number of fused-ring (bicyclic) bond motifs is 1. The summed E-state index contributed by atoms with van der Waals surface area (Å²) in [6.07, 6.45) is 3.98. The van der Waals surface area contributed by atoms with E-state index < -0.39 is 0 Å². The van der Waals surface area contributed by atoms with Gasteiger partial charge in [-0.05, 0) is 55.6 Å². The molecule has 0 bridgehead atoms. The van der Waals surface area contributed by atoms with Crippen molar-refractivity contribution in [1.82, 2.24) is 18.9 Å². The summed E-state index contributed by atoms with van der Waals surface area (Å²) < 4.78 is 12.0. The van der Waals surface area contributed by atoms with E-state index >= 15 is 0 Å². The first kappa shape index (κ1) is 18.1. The minimum absolute atomic E-state index is 0.333. The average molecular weight is 407 g/mol. The molecular formula is C21H22N6OS. The number of aromatic nitrogens is 4. The topological polar surface area (TPSA) is 76.9 Å². The maximum Gasteiger partial charge on any atom is 0.230 e. The molecule has 1 aliphatic heterocycles. The summed E-state index contributed by atoms with van der Waals surface area (Å²) in [6.45, 7) is 3.53. The number of nitrogens with zero attached hydrogens (tertiary/aromatic N) is 4. The molecule has 4 heterocycles. The summed E-state index contributed by atoms with van der Waals surface area (Å²) in [5, 5.41) is 7.88. The van der Waals surface area contributed by atoms with Gasteiger partial charge in [0.2, 0.25) is 5.95 Å². The van der Waals surface area contributed by atoms with Crippen molar-refractivity contribution in [3.63, 3.8) is 0 Å². The molecule has 8 heteroatoms. The van der Waals surface area contributed by atoms with E-state index in [1.54, 1.807) is 0 Å². The lowest BCUT2D eigenvalue weighted by Gasteiger charge is -2.24. The van der Waals surface area contributed by atoms with Gasteiger partial charge in [0, 0.05) is 31.1 Å². The fraction of sp³-hybridized carbons (Fsp3) is 0.286. The molecule has 148 valence electrons. The van der Waals surface area contributed by atoms with Gasteiger partial charge in [-0.3, -0.25) is 0 Å². The van der Waals surface area contributed by atoms with Crippen LogP contribution in [0.3, 0.4) is 0 Å². The predicted octanol–water partition coefficient (Wildman–Crippen LogP) is 4.52. The number of hydrogen-bond acceptors (Lipinski definition) is 7. The van der Waals surface area contributed by atoms with Crippen LogP contribution in [0, 0.1) is 6.92 Å². The van der Waals surface area contributed by atoms with Gasteiger partial charge in [-0.1, -0.05) is 18.2 Å². The number of nitrogens with one attached hydrogen (secondary N) is 2. The highest BCUT2D eigenvalue weighted by Gasteiger charge is 2.19. The van der Waals surface area contributed by atoms with Gasteiger partial charge in [0.25, 0.3) is 0 Å². The monoisotopic (exact) mass is 406 g/mol. The van der Waals surface area contributed by atoms with Crippen LogP contribution in [0.5, 0.6) is 0 Å². The molecule has 0 amide bonds. The van der Waals surface area contributed by atoms with Crippen LogP contribution in [-0.2, 0) is 4.74 Å². The standard InChI is InChI=1S/C21H22N6OS/c1-14-13-18(29-26-14)24-21-23-17-7-10-27(16-5-3-2-4-6-16)19(17)20(25-21)22-15-8-11-28-12-9-15/h2-7,10,13,15H,8-9,11-12H2,1H3,(H2,22,23,24,25). The van der Waals surface area contributed by atoms with Gasteiger partial charge in [0.15, 0.2) is 5.82 Å². The van der Waals surface area contributed by atoms with Gasteiger partial charge < -0.3 is 19.9 Å². The van der Waals surface area contributed by atoms with Crippen molar-refractivity contribution in [3.05, 3.63) is 54.4 Å². The van der Waals surface area contributed by atoms with Crippen LogP contribution < -0.4 is 10.6 Å². The second-order valence-corrected chi connectivity index (χ2v) is 7.94. The van der Waals surface area contributed by atoms with Crippen LogP contribution in [0.1, 0.15) is 18.5 Å². The fourth-order valence-electron chi connectivity index (χ4n) is 3.57. The predicted molar refractivity (Wildman–Crippen MR) is 116 cm³/mol. The highest BCUT2D eigenvalue weighted by molar-refractivity contribution is 7.10. The molecule has 0 radical (unpaired) electrons. The second-order valence-electron chi connectivity index (χ2n) is 7.14. The maximum atomic E-state index is 5.51. The molecule has 1 fully saturated rings. The maximum absolute atomic E-state index is 5.51. The van der Waals surface area contributed by atoms with E-state index in [1.807, 2.05) is 43.5 Å². The Bertz CT molecular complexity index is 1120. The lowest BCUT2D eigenvalue weighted by atomic mass is 10.1. The number of ether oxygens (including phenoxy) is 1. The Balaban J connectivity index is 1.58. The van der Waals surface area contributed by atoms with Crippen LogP contribution in [0.4, 0.5) is 16.8 Å². The molecule has 3 aromatic heterocycles. The van der Waals surface area contributed by atoms with E-state index in [-0.39, 0.29) is 0 Å². The molecule has 0 saturated carbocycles. The molecule has 7 nitrogen and oxygen atoms in total. The normalized spacial score (nSPS) is 14.9. The number of benzene rings is 1. The van der Waals surface area contributed by atoms with E-state index in [1.165, 1.54) is 11.5 Å². The molecule has 4 aromatic rings. The summed E-state index contributed by atoms with van der Waals surface area (Å²) in [4.78, 5) is 9.59. The Morgan fingerprint density at radius 2 is 1.93 bits per heavy atom. The molecule has 1 aliphatic rings. The van der Waals surface area contributed by atoms with E-state index in [2.05, 4.69) is 31.7 Å². The largest absolute Gasteiger partial charge is 0.381 e. The Morgan fingerprint density at radius 1 is 1.10 bits per heavy atom. The minimum atomic E-state index is 0.333. The van der Waals surface area contributed by atoms with Gasteiger partial charge >= 0.3 is 0 Å². The quantitative estimate of drug-likeness (QED) is 0.507. The third-order valence-electron chi connectivity index (χ3n) is 4.99. The molecule has 0 unspecified atom stereocenters. The number of anilines is 3. The summed E-state index contributed by atoms with van der Waals surface area (Å²) in [5.41, 5.74) is 3.94. The number of para-hydroxylation sites is 1. The highest BCUT2D eigenvalue weighted by Crippen LogP contribution is 2.29. The van der Waals surface area contributed by atoms with Gasteiger partial charge in [-0.25, -0.2) is 4.98 Å². The van der Waals surface area contributed by atoms with Crippen molar-refractivity contribution in [3.8, 4) is 5.69 Å². The molecule has 0 atom stereocenters. The van der Waals surface area contributed by atoms with Crippen LogP contribution in [-0.4, -0.2) is 38.2 Å². The average Bonchev–Trinajstić information content (AvgIpc) is 3.36. The van der Waals surface area contributed by atoms with Crippen molar-refractivity contribution < 1.29 is 4.74 Å². The molecule has 5 rings (SSSR count). The first-order chi connectivity index (χ1) is 14.3. The first-order valence-corrected chi connectivity index (χ1v) is 10.5. The SMILES string of the molecule is Cc1cc(Nc2nc(NC3CCOCC3)c3c(ccn3-c3ccccc3)n2)sn1. The zero-order valence-electron chi connectivity index (χ0n) is 16.1. The van der Waals surface area contributed by atoms with Gasteiger partial charge in [-0.15, -0.1) is 0 Å². The Labute approximate surface area is 172 Å². The van der Waals surface area contributed by atoms with Gasteiger partial charge in [0.1, 0.15) is 10.5 Å². The van der Waals surface area contributed by atoms with E-state index in [9.17, 15) is 0 Å². The smallest absolute Gasteiger partial charge is 0.230 e. The van der Waals surface area contributed by atoms with Gasteiger partial charge in [0.05, 0.1) is 11.2 Å². The van der Waals surface area contributed by atoms with Crippen molar-refractivity contribution in [1.29, 1.82) is 0 Å². The van der Waals surface area contributed by atoms with Gasteiger partial charge in [-0.2, -0.15) is 9.36 Å². The molecule has 2 N–H and O–H groups in total. The molecular weight excluding hydrogens is 384 g/mol. The fourth-order valence-corrected chi connectivity index (χ4v) is 4.23. The van der Waals surface area contributed by atoms with Crippen LogP contribution in [0.25, 0.3) is 16.7 Å². The Morgan fingerprint density at radius 3 is 2.69 bits per heavy atom. The summed E-state index contributed by atoms with van der Waals surface area (Å²) in [7, 11) is 0. The molecule has 29 heavy (non-hydrogen) atoms. The molecule has 0 spiro atoms. The number of rotatable bonds is 5. The zero-order chi connectivity index (χ0) is 19.6. The van der Waals surface area contributed by atoms with E-state index in [0.29, 0.717) is 12.0 Å². The lowest BCUT2D eigenvalue weighted by molar-refractivity contribution is 0.0904. The van der Waals surface area contributed by atoms with Crippen molar-refractivity contribution in [2.45, 2.75) is 25.8 Å². The Hall–Kier alpha value is -2.97. The number of hydrogen-bond donors (Lipinski definition) is 2. The summed E-state index contributed by atoms with van der Waals surface area (Å²) in [5.74, 6) is 1.40. The van der Waals surface area contributed by atoms with Crippen molar-refractivity contribution >= 4 is 39.3 Å². The molecule has 1 aromatic carbocycles. The summed E-state index contributed by atoms with van der Waals surface area (Å²) >= 11 is 1.41. The van der Waals surface area contributed by atoms with Crippen LogP contribution in [0.15, 0.2) is 48.7 Å². The third kappa shape index (κ3) is 3.81. The summed E-state index contributed by atoms with van der Waals surface area (Å²) in [6, 6.07) is 14.6.